The van der Waals surface area contributed by atoms with Gasteiger partial charge in [0.1, 0.15) is 5.75 Å². The molecule has 0 heterocycles. The lowest BCUT2D eigenvalue weighted by Gasteiger charge is -2.02. The van der Waals surface area contributed by atoms with E-state index in [4.69, 9.17) is 4.55 Å². The van der Waals surface area contributed by atoms with Crippen LogP contribution in [0.5, 0.6) is 5.75 Å². The van der Waals surface area contributed by atoms with Crippen molar-refractivity contribution in [1.29, 1.82) is 0 Å². The van der Waals surface area contributed by atoms with Crippen LogP contribution >= 0.6 is 0 Å². The number of nitro benzene ring substituents is 1. The lowest BCUT2D eigenvalue weighted by molar-refractivity contribution is -0.383. The fourth-order valence-electron chi connectivity index (χ4n) is 1.54. The second-order valence-electron chi connectivity index (χ2n) is 3.22. The molecule has 1 unspecified atom stereocenters. The van der Waals surface area contributed by atoms with Crippen molar-refractivity contribution in [1.82, 2.24) is 0 Å². The highest BCUT2D eigenvalue weighted by Crippen LogP contribution is 2.28. The summed E-state index contributed by atoms with van der Waals surface area (Å²) < 4.78 is 23.6. The fourth-order valence-corrected chi connectivity index (χ4v) is 1.81. The molecule has 0 aromatic heterocycles. The second kappa shape index (κ2) is 4.48. The fraction of sp³-hybridized carbons (Fsp3) is 0. The molecule has 2 aromatic rings. The van der Waals surface area contributed by atoms with E-state index in [1.54, 1.807) is 12.1 Å². The third-order valence-corrected chi connectivity index (χ3v) is 2.53. The molecule has 0 saturated carbocycles. The Morgan fingerprint density at radius 3 is 2.71 bits per heavy atom. The SMILES string of the molecule is O=[N+]([O-])c1cccc2cc(OS(=O)O)ccc12. The summed E-state index contributed by atoms with van der Waals surface area (Å²) in [6.45, 7) is 0. The molecule has 88 valence electrons. The van der Waals surface area contributed by atoms with Gasteiger partial charge in [-0.15, -0.1) is 0 Å². The lowest BCUT2D eigenvalue weighted by atomic mass is 10.1. The Morgan fingerprint density at radius 2 is 2.06 bits per heavy atom. The van der Waals surface area contributed by atoms with E-state index in [9.17, 15) is 14.3 Å². The Kier molecular flexibility index (Phi) is 3.03. The Labute approximate surface area is 98.5 Å². The van der Waals surface area contributed by atoms with E-state index >= 15 is 0 Å². The summed E-state index contributed by atoms with van der Waals surface area (Å²) in [5.74, 6) is 0.179. The first-order chi connectivity index (χ1) is 8.08. The van der Waals surface area contributed by atoms with Crippen molar-refractivity contribution in [3.05, 3.63) is 46.5 Å². The molecule has 0 bridgehead atoms. The van der Waals surface area contributed by atoms with Crippen LogP contribution < -0.4 is 4.18 Å². The van der Waals surface area contributed by atoms with Crippen LogP contribution in [0.15, 0.2) is 36.4 Å². The van der Waals surface area contributed by atoms with Gasteiger partial charge in [-0.3, -0.25) is 14.7 Å². The first-order valence-electron chi connectivity index (χ1n) is 4.54. The van der Waals surface area contributed by atoms with Crippen LogP contribution in [-0.2, 0) is 11.4 Å². The Bertz CT molecular complexity index is 613. The molecule has 0 spiro atoms. The van der Waals surface area contributed by atoms with E-state index in [-0.39, 0.29) is 11.4 Å². The summed E-state index contributed by atoms with van der Waals surface area (Å²) in [7, 11) is 0. The molecule has 0 aliphatic carbocycles. The summed E-state index contributed by atoms with van der Waals surface area (Å²) in [6, 6.07) is 8.96. The van der Waals surface area contributed by atoms with Crippen LogP contribution in [0, 0.1) is 10.1 Å². The van der Waals surface area contributed by atoms with Crippen LogP contribution in [-0.4, -0.2) is 13.7 Å². The van der Waals surface area contributed by atoms with Gasteiger partial charge in [-0.25, -0.2) is 0 Å². The molecule has 6 nitrogen and oxygen atoms in total. The van der Waals surface area contributed by atoms with Gasteiger partial charge in [0.05, 0.1) is 10.3 Å². The Hall–Kier alpha value is -1.99. The van der Waals surface area contributed by atoms with Crippen molar-refractivity contribution in [2.75, 3.05) is 0 Å². The third-order valence-electron chi connectivity index (χ3n) is 2.19. The monoisotopic (exact) mass is 253 g/mol. The van der Waals surface area contributed by atoms with Gasteiger partial charge in [-0.1, -0.05) is 12.1 Å². The summed E-state index contributed by atoms with van der Waals surface area (Å²) >= 11 is -2.41. The summed E-state index contributed by atoms with van der Waals surface area (Å²) in [5.41, 5.74) is -0.0147. The van der Waals surface area contributed by atoms with Crippen molar-refractivity contribution in [3.63, 3.8) is 0 Å². The zero-order valence-corrected chi connectivity index (χ0v) is 9.22. The topological polar surface area (TPSA) is 89.7 Å². The maximum atomic E-state index is 10.8. The van der Waals surface area contributed by atoms with E-state index in [0.29, 0.717) is 10.8 Å². The molecule has 0 aliphatic rings. The van der Waals surface area contributed by atoms with Crippen LogP contribution in [0.25, 0.3) is 10.8 Å². The number of non-ortho nitro benzene ring substituents is 1. The van der Waals surface area contributed by atoms with Gasteiger partial charge in [0.2, 0.25) is 0 Å². The Balaban J connectivity index is 2.56. The van der Waals surface area contributed by atoms with Crippen molar-refractivity contribution in [2.24, 2.45) is 0 Å². The standard InChI is InChI=1S/C10H7NO5S/c12-11(13)10-3-1-2-7-6-8(16-17(14)15)4-5-9(7)10/h1-6H,(H,14,15). The molecule has 17 heavy (non-hydrogen) atoms. The van der Waals surface area contributed by atoms with Gasteiger partial charge in [-0.2, -0.15) is 4.21 Å². The maximum Gasteiger partial charge on any atom is 0.357 e. The van der Waals surface area contributed by atoms with Gasteiger partial charge >= 0.3 is 11.4 Å². The van der Waals surface area contributed by atoms with E-state index < -0.39 is 16.3 Å². The first-order valence-corrected chi connectivity index (χ1v) is 5.57. The molecule has 0 amide bonds. The average molecular weight is 253 g/mol. The molecule has 0 saturated heterocycles. The molecule has 2 aromatic carbocycles. The third kappa shape index (κ3) is 2.40. The van der Waals surface area contributed by atoms with Gasteiger partial charge in [0.25, 0.3) is 5.69 Å². The van der Waals surface area contributed by atoms with Gasteiger partial charge in [-0.05, 0) is 23.6 Å². The molecular weight excluding hydrogens is 246 g/mol. The highest BCUT2D eigenvalue weighted by atomic mass is 32.2. The van der Waals surface area contributed by atoms with Crippen LogP contribution in [0.3, 0.4) is 0 Å². The van der Waals surface area contributed by atoms with Crippen molar-refractivity contribution in [3.8, 4) is 5.75 Å². The maximum absolute atomic E-state index is 10.8. The molecule has 1 N–H and O–H groups in total. The molecule has 0 fully saturated rings. The zero-order chi connectivity index (χ0) is 12.4. The molecule has 0 radical (unpaired) electrons. The van der Waals surface area contributed by atoms with E-state index in [1.165, 1.54) is 24.3 Å². The summed E-state index contributed by atoms with van der Waals surface area (Å²) in [6.07, 6.45) is 0. The molecule has 0 aliphatic heterocycles. The number of hydrogen-bond acceptors (Lipinski definition) is 4. The first kappa shape index (κ1) is 11.5. The normalized spacial score (nSPS) is 12.3. The average Bonchev–Trinajstić information content (AvgIpc) is 2.26. The van der Waals surface area contributed by atoms with Crippen molar-refractivity contribution >= 4 is 27.8 Å². The summed E-state index contributed by atoms with van der Waals surface area (Å²) in [4.78, 5) is 10.3. The van der Waals surface area contributed by atoms with Crippen molar-refractivity contribution in [2.45, 2.75) is 0 Å². The number of nitrogens with zero attached hydrogens (tertiary/aromatic N) is 1. The number of fused-ring (bicyclic) bond motifs is 1. The molecule has 2 rings (SSSR count). The highest BCUT2D eigenvalue weighted by Gasteiger charge is 2.11. The minimum absolute atomic E-state index is 0.0147. The van der Waals surface area contributed by atoms with E-state index in [2.05, 4.69) is 4.18 Å². The second-order valence-corrected chi connectivity index (χ2v) is 3.82. The van der Waals surface area contributed by atoms with E-state index in [1.807, 2.05) is 0 Å². The van der Waals surface area contributed by atoms with E-state index in [0.717, 1.165) is 0 Å². The minimum Gasteiger partial charge on any atom is -0.380 e. The zero-order valence-electron chi connectivity index (χ0n) is 8.40. The predicted molar refractivity (Wildman–Crippen MR) is 62.0 cm³/mol. The molecule has 1 atom stereocenters. The lowest BCUT2D eigenvalue weighted by Crippen LogP contribution is -1.97. The van der Waals surface area contributed by atoms with Gasteiger partial charge in [0.15, 0.2) is 0 Å². The largest absolute Gasteiger partial charge is 0.380 e. The quantitative estimate of drug-likeness (QED) is 0.514. The smallest absolute Gasteiger partial charge is 0.357 e. The Morgan fingerprint density at radius 1 is 1.29 bits per heavy atom. The number of nitro groups is 1. The van der Waals surface area contributed by atoms with Gasteiger partial charge in [0, 0.05) is 6.07 Å². The summed E-state index contributed by atoms with van der Waals surface area (Å²) in [5, 5.41) is 11.8. The highest BCUT2D eigenvalue weighted by molar-refractivity contribution is 7.74. The predicted octanol–water partition coefficient (Wildman–Crippen LogP) is 2.26. The van der Waals surface area contributed by atoms with Crippen LogP contribution in [0.1, 0.15) is 0 Å². The van der Waals surface area contributed by atoms with Crippen LogP contribution in [0.4, 0.5) is 5.69 Å². The molecular formula is C10H7NO5S. The molecule has 7 heteroatoms. The van der Waals surface area contributed by atoms with Gasteiger partial charge < -0.3 is 4.18 Å². The van der Waals surface area contributed by atoms with Crippen molar-refractivity contribution < 1.29 is 17.9 Å². The number of benzene rings is 2. The number of rotatable bonds is 3. The van der Waals surface area contributed by atoms with Crippen LogP contribution in [0.2, 0.25) is 0 Å². The number of hydrogen-bond donors (Lipinski definition) is 1. The minimum atomic E-state index is -2.41.